The lowest BCUT2D eigenvalue weighted by atomic mass is 10.00. The number of benzene rings is 1. The molecule has 1 N–H and O–H groups in total. The van der Waals surface area contributed by atoms with Gasteiger partial charge in [0.15, 0.2) is 5.78 Å². The van der Waals surface area contributed by atoms with Gasteiger partial charge in [-0.3, -0.25) is 14.5 Å². The molecule has 1 heterocycles. The van der Waals surface area contributed by atoms with Gasteiger partial charge in [-0.05, 0) is 37.6 Å². The van der Waals surface area contributed by atoms with Crippen LogP contribution in [-0.2, 0) is 4.79 Å². The molecule has 1 aromatic rings. The van der Waals surface area contributed by atoms with Crippen molar-refractivity contribution in [1.82, 2.24) is 10.2 Å². The maximum absolute atomic E-state index is 12.6. The Hall–Kier alpha value is -1.88. The molecule has 0 bridgehead atoms. The number of hydrogen-bond donors (Lipinski definition) is 1. The number of nitrogens with zero attached hydrogens (tertiary/aromatic N) is 1. The van der Waals surface area contributed by atoms with Gasteiger partial charge in [-0.1, -0.05) is 6.92 Å². The molecule has 5 heteroatoms. The molecule has 0 radical (unpaired) electrons. The molecule has 114 valence electrons. The van der Waals surface area contributed by atoms with E-state index < -0.39 is 0 Å². The molecular formula is C16H22N2O3. The highest BCUT2D eigenvalue weighted by Gasteiger charge is 2.34. The van der Waals surface area contributed by atoms with E-state index in [1.807, 2.05) is 18.7 Å². The van der Waals surface area contributed by atoms with Crippen molar-refractivity contribution in [2.24, 2.45) is 0 Å². The smallest absolute Gasteiger partial charge is 0.237 e. The zero-order valence-electron chi connectivity index (χ0n) is 12.8. The zero-order valence-corrected chi connectivity index (χ0v) is 12.8. The second-order valence-corrected chi connectivity index (χ2v) is 5.22. The number of carbonyl (C=O) groups is 2. The van der Waals surface area contributed by atoms with Gasteiger partial charge < -0.3 is 10.1 Å². The summed E-state index contributed by atoms with van der Waals surface area (Å²) in [5, 5.41) is 2.85. The van der Waals surface area contributed by atoms with Gasteiger partial charge in [0.1, 0.15) is 5.75 Å². The van der Waals surface area contributed by atoms with Crippen LogP contribution in [0.25, 0.3) is 0 Å². The number of methoxy groups -OCH3 is 1. The summed E-state index contributed by atoms with van der Waals surface area (Å²) >= 11 is 0. The molecule has 5 nitrogen and oxygen atoms in total. The standard InChI is InChI=1S/C16H22N2O3/c1-4-14-16(20)17-9-10-18(14)11(2)15(19)12-5-7-13(21-3)8-6-12/h5-8,11,14H,4,9-10H2,1-3H3,(H,17,20). The molecule has 0 aliphatic carbocycles. The summed E-state index contributed by atoms with van der Waals surface area (Å²) in [5.74, 6) is 0.770. The minimum Gasteiger partial charge on any atom is -0.497 e. The fourth-order valence-corrected chi connectivity index (χ4v) is 2.76. The van der Waals surface area contributed by atoms with Gasteiger partial charge in [0.2, 0.25) is 5.91 Å². The van der Waals surface area contributed by atoms with Crippen molar-refractivity contribution in [2.75, 3.05) is 20.2 Å². The van der Waals surface area contributed by atoms with Crippen LogP contribution in [0, 0.1) is 0 Å². The largest absolute Gasteiger partial charge is 0.497 e. The third-order valence-corrected chi connectivity index (χ3v) is 4.01. The first-order valence-electron chi connectivity index (χ1n) is 7.30. The summed E-state index contributed by atoms with van der Waals surface area (Å²) in [6.07, 6.45) is 0.700. The number of carbonyl (C=O) groups excluding carboxylic acids is 2. The van der Waals surface area contributed by atoms with Gasteiger partial charge in [-0.15, -0.1) is 0 Å². The Bertz CT molecular complexity index is 513. The minimum absolute atomic E-state index is 0.0122. The number of amides is 1. The van der Waals surface area contributed by atoms with Crippen LogP contribution in [0.1, 0.15) is 30.6 Å². The highest BCUT2D eigenvalue weighted by atomic mass is 16.5. The molecular weight excluding hydrogens is 268 g/mol. The average Bonchev–Trinajstić information content (AvgIpc) is 2.53. The second-order valence-electron chi connectivity index (χ2n) is 5.22. The van der Waals surface area contributed by atoms with Gasteiger partial charge in [0, 0.05) is 18.7 Å². The monoisotopic (exact) mass is 290 g/mol. The fraction of sp³-hybridized carbons (Fsp3) is 0.500. The number of hydrogen-bond acceptors (Lipinski definition) is 4. The molecule has 0 saturated carbocycles. The quantitative estimate of drug-likeness (QED) is 0.835. The normalized spacial score (nSPS) is 20.7. The van der Waals surface area contributed by atoms with Gasteiger partial charge in [0.25, 0.3) is 0 Å². The number of nitrogens with one attached hydrogen (secondary N) is 1. The number of ketones is 1. The Kier molecular flexibility index (Phi) is 4.96. The number of ether oxygens (including phenoxy) is 1. The van der Waals surface area contributed by atoms with Crippen molar-refractivity contribution < 1.29 is 14.3 Å². The molecule has 2 unspecified atom stereocenters. The maximum atomic E-state index is 12.6. The number of piperazine rings is 1. The summed E-state index contributed by atoms with van der Waals surface area (Å²) in [4.78, 5) is 26.5. The predicted molar refractivity (Wildman–Crippen MR) is 80.6 cm³/mol. The van der Waals surface area contributed by atoms with Crippen LogP contribution in [0.4, 0.5) is 0 Å². The third-order valence-electron chi connectivity index (χ3n) is 4.01. The maximum Gasteiger partial charge on any atom is 0.237 e. The first kappa shape index (κ1) is 15.5. The van der Waals surface area contributed by atoms with Crippen molar-refractivity contribution in [3.05, 3.63) is 29.8 Å². The van der Waals surface area contributed by atoms with E-state index in [1.54, 1.807) is 31.4 Å². The summed E-state index contributed by atoms with van der Waals surface area (Å²) < 4.78 is 5.10. The molecule has 1 aliphatic heterocycles. The lowest BCUT2D eigenvalue weighted by Gasteiger charge is -2.38. The molecule has 1 saturated heterocycles. The topological polar surface area (TPSA) is 58.6 Å². The SMILES string of the molecule is CCC1C(=O)NCCN1C(C)C(=O)c1ccc(OC)cc1. The molecule has 2 rings (SSSR count). The lowest BCUT2D eigenvalue weighted by molar-refractivity contribution is -0.129. The summed E-state index contributed by atoms with van der Waals surface area (Å²) in [6.45, 7) is 5.13. The van der Waals surface area contributed by atoms with Crippen molar-refractivity contribution in [1.29, 1.82) is 0 Å². The Morgan fingerprint density at radius 1 is 1.43 bits per heavy atom. The Balaban J connectivity index is 2.15. The van der Waals surface area contributed by atoms with Crippen molar-refractivity contribution in [3.8, 4) is 5.75 Å². The van der Waals surface area contributed by atoms with Crippen LogP contribution in [0.3, 0.4) is 0 Å². The van der Waals surface area contributed by atoms with Crippen LogP contribution in [0.2, 0.25) is 0 Å². The molecule has 2 atom stereocenters. The fourth-order valence-electron chi connectivity index (χ4n) is 2.76. The van der Waals surface area contributed by atoms with Gasteiger partial charge >= 0.3 is 0 Å². The molecule has 1 aromatic carbocycles. The molecule has 0 aromatic heterocycles. The first-order valence-corrected chi connectivity index (χ1v) is 7.30. The van der Waals surface area contributed by atoms with Crippen molar-refractivity contribution in [2.45, 2.75) is 32.4 Å². The summed E-state index contributed by atoms with van der Waals surface area (Å²) in [7, 11) is 1.59. The van der Waals surface area contributed by atoms with E-state index in [0.717, 1.165) is 5.75 Å². The number of rotatable bonds is 5. The summed E-state index contributed by atoms with van der Waals surface area (Å²) in [5.41, 5.74) is 0.643. The van der Waals surface area contributed by atoms with Gasteiger partial charge in [-0.2, -0.15) is 0 Å². The van der Waals surface area contributed by atoms with E-state index in [-0.39, 0.29) is 23.8 Å². The van der Waals surface area contributed by atoms with E-state index >= 15 is 0 Å². The second kappa shape index (κ2) is 6.72. The molecule has 1 fully saturated rings. The summed E-state index contributed by atoms with van der Waals surface area (Å²) in [6, 6.07) is 6.55. The molecule has 1 amide bonds. The van der Waals surface area contributed by atoms with Crippen LogP contribution in [-0.4, -0.2) is 48.9 Å². The minimum atomic E-state index is -0.311. The predicted octanol–water partition coefficient (Wildman–Crippen LogP) is 1.48. The van der Waals surface area contributed by atoms with Crippen molar-refractivity contribution in [3.63, 3.8) is 0 Å². The van der Waals surface area contributed by atoms with E-state index in [4.69, 9.17) is 4.74 Å². The third kappa shape index (κ3) is 3.24. The van der Waals surface area contributed by atoms with Crippen LogP contribution < -0.4 is 10.1 Å². The van der Waals surface area contributed by atoms with Gasteiger partial charge in [0.05, 0.1) is 19.2 Å². The van der Waals surface area contributed by atoms with Crippen LogP contribution in [0.5, 0.6) is 5.75 Å². The van der Waals surface area contributed by atoms with E-state index in [9.17, 15) is 9.59 Å². The highest BCUT2D eigenvalue weighted by molar-refractivity contribution is 6.00. The highest BCUT2D eigenvalue weighted by Crippen LogP contribution is 2.18. The molecule has 1 aliphatic rings. The van der Waals surface area contributed by atoms with Crippen molar-refractivity contribution >= 4 is 11.7 Å². The molecule has 21 heavy (non-hydrogen) atoms. The van der Waals surface area contributed by atoms with E-state index in [1.165, 1.54) is 0 Å². The average molecular weight is 290 g/mol. The number of Topliss-reactive ketones (excluding diaryl/α,β-unsaturated/α-hetero) is 1. The Morgan fingerprint density at radius 3 is 2.67 bits per heavy atom. The Morgan fingerprint density at radius 2 is 2.10 bits per heavy atom. The first-order chi connectivity index (χ1) is 10.1. The van der Waals surface area contributed by atoms with E-state index in [0.29, 0.717) is 25.1 Å². The van der Waals surface area contributed by atoms with E-state index in [2.05, 4.69) is 5.32 Å². The van der Waals surface area contributed by atoms with Crippen LogP contribution in [0.15, 0.2) is 24.3 Å². The van der Waals surface area contributed by atoms with Gasteiger partial charge in [-0.25, -0.2) is 0 Å². The lowest BCUT2D eigenvalue weighted by Crippen LogP contribution is -2.59. The van der Waals surface area contributed by atoms with Crippen LogP contribution >= 0.6 is 0 Å². The zero-order chi connectivity index (χ0) is 15.4. The molecule has 0 spiro atoms. The Labute approximate surface area is 125 Å².